The van der Waals surface area contributed by atoms with Gasteiger partial charge in [-0.15, -0.1) is 0 Å². The Balaban J connectivity index is 2.05. The van der Waals surface area contributed by atoms with E-state index in [1.807, 2.05) is 0 Å². The molecule has 5 heteroatoms. The van der Waals surface area contributed by atoms with Gasteiger partial charge in [0.15, 0.2) is 5.78 Å². The lowest BCUT2D eigenvalue weighted by Crippen LogP contribution is -2.41. The molecule has 0 bridgehead atoms. The number of allylic oxidation sites excluding steroid dienone is 1. The number of hydrogen-bond acceptors (Lipinski definition) is 2. The van der Waals surface area contributed by atoms with Gasteiger partial charge in [0.1, 0.15) is 11.6 Å². The quantitative estimate of drug-likeness (QED) is 0.702. The first-order valence-electron chi connectivity index (χ1n) is 9.24. The molecule has 0 saturated carbocycles. The molecule has 29 heavy (non-hydrogen) atoms. The van der Waals surface area contributed by atoms with Gasteiger partial charge < -0.3 is 4.90 Å². The van der Waals surface area contributed by atoms with E-state index < -0.39 is 11.6 Å². The summed E-state index contributed by atoms with van der Waals surface area (Å²) >= 11 is 0. The third-order valence-corrected chi connectivity index (χ3v) is 4.50. The lowest BCUT2D eigenvalue weighted by Gasteiger charge is -2.29. The molecular weight excluding hydrogens is 372 g/mol. The summed E-state index contributed by atoms with van der Waals surface area (Å²) < 4.78 is 28.2. The summed E-state index contributed by atoms with van der Waals surface area (Å²) in [5.74, 6) is -1.49. The molecule has 0 atom stereocenters. The van der Waals surface area contributed by atoms with Crippen LogP contribution >= 0.6 is 0 Å². The summed E-state index contributed by atoms with van der Waals surface area (Å²) in [4.78, 5) is 27.1. The molecule has 0 aromatic heterocycles. The number of carbonyl (C=O) groups excluding carboxylic acids is 2. The molecule has 148 valence electrons. The van der Waals surface area contributed by atoms with E-state index in [0.29, 0.717) is 0 Å². The maximum Gasteiger partial charge on any atom is 0.247 e. The van der Waals surface area contributed by atoms with E-state index >= 15 is 0 Å². The third-order valence-electron chi connectivity index (χ3n) is 4.50. The average Bonchev–Trinajstić information content (AvgIpc) is 2.67. The molecule has 1 aliphatic heterocycles. The van der Waals surface area contributed by atoms with E-state index in [2.05, 4.69) is 0 Å². The van der Waals surface area contributed by atoms with Crippen molar-refractivity contribution in [1.82, 2.24) is 4.90 Å². The van der Waals surface area contributed by atoms with Crippen LogP contribution in [0.4, 0.5) is 8.78 Å². The predicted molar refractivity (Wildman–Crippen MR) is 110 cm³/mol. The van der Waals surface area contributed by atoms with Crippen molar-refractivity contribution in [2.75, 3.05) is 13.1 Å². The van der Waals surface area contributed by atoms with Crippen molar-refractivity contribution >= 4 is 23.8 Å². The largest absolute Gasteiger partial charge is 0.330 e. The average molecular weight is 393 g/mol. The predicted octanol–water partition coefficient (Wildman–Crippen LogP) is 4.81. The van der Waals surface area contributed by atoms with Gasteiger partial charge in [-0.1, -0.05) is 42.0 Å². The Labute approximate surface area is 168 Å². The topological polar surface area (TPSA) is 37.4 Å². The third kappa shape index (κ3) is 4.93. The molecule has 2 aromatic rings. The van der Waals surface area contributed by atoms with Gasteiger partial charge in [-0.3, -0.25) is 9.59 Å². The zero-order valence-electron chi connectivity index (χ0n) is 16.3. The van der Waals surface area contributed by atoms with E-state index in [0.717, 1.165) is 5.57 Å². The van der Waals surface area contributed by atoms with Gasteiger partial charge >= 0.3 is 0 Å². The maximum atomic E-state index is 14.1. The summed E-state index contributed by atoms with van der Waals surface area (Å²) in [6.45, 7) is 3.73. The number of ketones is 1. The number of halogens is 2. The highest BCUT2D eigenvalue weighted by Crippen LogP contribution is 2.24. The van der Waals surface area contributed by atoms with Gasteiger partial charge in [-0.05, 0) is 38.1 Å². The summed E-state index contributed by atoms with van der Waals surface area (Å²) in [6.07, 6.45) is 4.39. The highest BCUT2D eigenvalue weighted by atomic mass is 19.1. The molecule has 0 N–H and O–H groups in total. The van der Waals surface area contributed by atoms with Crippen LogP contribution in [0.5, 0.6) is 0 Å². The number of carbonyl (C=O) groups is 2. The molecule has 1 heterocycles. The van der Waals surface area contributed by atoms with E-state index in [1.54, 1.807) is 50.2 Å². The van der Waals surface area contributed by atoms with E-state index in [9.17, 15) is 18.4 Å². The van der Waals surface area contributed by atoms with Crippen LogP contribution in [0, 0.1) is 11.6 Å². The van der Waals surface area contributed by atoms with Crippen LogP contribution in [-0.2, 0) is 9.59 Å². The Hall–Kier alpha value is -3.34. The number of rotatable bonds is 3. The van der Waals surface area contributed by atoms with Crippen LogP contribution < -0.4 is 0 Å². The van der Waals surface area contributed by atoms with Gasteiger partial charge in [-0.2, -0.15) is 0 Å². The van der Waals surface area contributed by atoms with Crippen LogP contribution in [0.1, 0.15) is 25.0 Å². The highest BCUT2D eigenvalue weighted by molar-refractivity contribution is 6.15. The van der Waals surface area contributed by atoms with Crippen LogP contribution in [0.3, 0.4) is 0 Å². The first-order valence-corrected chi connectivity index (χ1v) is 9.24. The van der Waals surface area contributed by atoms with Crippen LogP contribution in [-0.4, -0.2) is 29.7 Å². The molecule has 1 amide bonds. The minimum atomic E-state index is -0.458. The monoisotopic (exact) mass is 393 g/mol. The number of Topliss-reactive ketones (excluding diaryl/α,β-unsaturated/α-hetero) is 1. The number of amides is 1. The van der Waals surface area contributed by atoms with Gasteiger partial charge in [0.25, 0.3) is 0 Å². The lowest BCUT2D eigenvalue weighted by molar-refractivity contribution is -0.126. The number of hydrogen-bond donors (Lipinski definition) is 0. The Morgan fingerprint density at radius 3 is 1.72 bits per heavy atom. The Morgan fingerprint density at radius 2 is 1.31 bits per heavy atom. The van der Waals surface area contributed by atoms with Gasteiger partial charge in [0.05, 0.1) is 13.1 Å². The first-order chi connectivity index (χ1) is 13.8. The fourth-order valence-corrected chi connectivity index (χ4v) is 3.09. The first kappa shape index (κ1) is 20.4. The summed E-state index contributed by atoms with van der Waals surface area (Å²) in [6, 6.07) is 12.2. The number of likely N-dealkylation sites (tertiary alicyclic amines) is 1. The Kier molecular flexibility index (Phi) is 6.17. The van der Waals surface area contributed by atoms with E-state index in [1.165, 1.54) is 35.3 Å². The highest BCUT2D eigenvalue weighted by Gasteiger charge is 2.28. The van der Waals surface area contributed by atoms with Crippen LogP contribution in [0.2, 0.25) is 0 Å². The fourth-order valence-electron chi connectivity index (χ4n) is 3.09. The van der Waals surface area contributed by atoms with Crippen molar-refractivity contribution in [3.8, 4) is 0 Å². The van der Waals surface area contributed by atoms with Crippen molar-refractivity contribution in [1.29, 1.82) is 0 Å². The second-order valence-electron chi connectivity index (χ2n) is 7.13. The van der Waals surface area contributed by atoms with Crippen molar-refractivity contribution in [3.05, 3.63) is 94.1 Å². The van der Waals surface area contributed by atoms with Gasteiger partial charge in [0.2, 0.25) is 5.91 Å². The molecule has 1 saturated heterocycles. The Morgan fingerprint density at radius 1 is 0.862 bits per heavy atom. The normalized spacial score (nSPS) is 17.0. The number of nitrogens with zero attached hydrogens (tertiary/aromatic N) is 1. The zero-order valence-corrected chi connectivity index (χ0v) is 16.3. The summed E-state index contributed by atoms with van der Waals surface area (Å²) in [5.41, 5.74) is 1.90. The minimum absolute atomic E-state index is 0.0599. The van der Waals surface area contributed by atoms with Crippen LogP contribution in [0.15, 0.2) is 71.3 Å². The van der Waals surface area contributed by atoms with Crippen molar-refractivity contribution in [3.63, 3.8) is 0 Å². The van der Waals surface area contributed by atoms with Crippen molar-refractivity contribution < 1.29 is 18.4 Å². The van der Waals surface area contributed by atoms with Gasteiger partial charge in [-0.25, -0.2) is 8.78 Å². The zero-order chi connectivity index (χ0) is 21.0. The molecule has 0 aliphatic carbocycles. The smallest absolute Gasteiger partial charge is 0.247 e. The molecule has 0 spiro atoms. The van der Waals surface area contributed by atoms with E-state index in [-0.39, 0.29) is 47.1 Å². The van der Waals surface area contributed by atoms with Crippen LogP contribution in [0.25, 0.3) is 12.2 Å². The maximum absolute atomic E-state index is 14.1. The fraction of sp³-hybridized carbons (Fsp3) is 0.167. The van der Waals surface area contributed by atoms with Crippen molar-refractivity contribution in [2.24, 2.45) is 0 Å². The summed E-state index contributed by atoms with van der Waals surface area (Å²) in [7, 11) is 0. The second-order valence-corrected chi connectivity index (χ2v) is 7.13. The number of piperidine rings is 1. The molecule has 3 nitrogen and oxygen atoms in total. The lowest BCUT2D eigenvalue weighted by atomic mass is 9.94. The van der Waals surface area contributed by atoms with E-state index in [4.69, 9.17) is 0 Å². The molecule has 0 radical (unpaired) electrons. The molecule has 3 rings (SSSR count). The Bertz CT molecular complexity index is 979. The summed E-state index contributed by atoms with van der Waals surface area (Å²) in [5, 5.41) is 0. The standard InChI is InChI=1S/C24H21F2NO2/c1-16(2)11-23(28)27-14-19(12-17-7-3-5-9-21(17)25)24(29)20(15-27)13-18-8-4-6-10-22(18)26/h3-13H,14-15H2,1-2H3/b19-12+,20-13+. The molecule has 1 aliphatic rings. The van der Waals surface area contributed by atoms with Crippen molar-refractivity contribution in [2.45, 2.75) is 13.8 Å². The molecule has 1 fully saturated rings. The SMILES string of the molecule is CC(C)=CC(=O)N1C/C(=C\c2ccccc2F)C(=O)/C(=C/c2ccccc2F)C1. The molecular formula is C24H21F2NO2. The molecule has 2 aromatic carbocycles. The second kappa shape index (κ2) is 8.78. The minimum Gasteiger partial charge on any atom is -0.330 e. The van der Waals surface area contributed by atoms with Gasteiger partial charge in [0, 0.05) is 28.3 Å². The number of benzene rings is 2. The molecule has 0 unspecified atom stereocenters.